The van der Waals surface area contributed by atoms with Gasteiger partial charge in [-0.05, 0) is 142 Å². The molecule has 0 bridgehead atoms. The lowest BCUT2D eigenvalue weighted by atomic mass is 9.69. The number of benzene rings is 8. The third-order valence-corrected chi connectivity index (χ3v) is 12.3. The van der Waals surface area contributed by atoms with Crippen molar-refractivity contribution < 1.29 is 0 Å². The van der Waals surface area contributed by atoms with Gasteiger partial charge in [0.25, 0.3) is 0 Å². The van der Waals surface area contributed by atoms with Crippen LogP contribution in [0.15, 0.2) is 194 Å². The van der Waals surface area contributed by atoms with Gasteiger partial charge in [0, 0.05) is 33.5 Å². The number of nitrogens with zero attached hydrogens (tertiary/aromatic N) is 2. The van der Waals surface area contributed by atoms with E-state index in [1.807, 2.05) is 0 Å². The van der Waals surface area contributed by atoms with Gasteiger partial charge in [-0.25, -0.2) is 0 Å². The van der Waals surface area contributed by atoms with E-state index in [0.717, 1.165) is 23.5 Å². The quantitative estimate of drug-likeness (QED) is 0.141. The predicted octanol–water partition coefficient (Wildman–Crippen LogP) is 17.1. The van der Waals surface area contributed by atoms with Crippen LogP contribution in [0.4, 0.5) is 17.1 Å². The zero-order chi connectivity index (χ0) is 42.3. The maximum absolute atomic E-state index is 2.41. The molecule has 0 radical (unpaired) electrons. The number of aromatic nitrogens is 1. The zero-order valence-corrected chi connectivity index (χ0v) is 36.7. The third-order valence-electron chi connectivity index (χ3n) is 12.3. The SMILES string of the molecule is Cc1ccc(-n2c3ccc(-c4ccc(-c5ccc(C(CC(C)(C)C)C(C)(C)C)cc5)cc4)cc3c3cc(-c4ccc(N(c5ccccc5)c5ccccc5)cc4)ccc32)cc1. The smallest absolute Gasteiger partial charge is 0.0541 e. The number of anilines is 3. The average Bonchev–Trinajstić information content (AvgIpc) is 3.59. The summed E-state index contributed by atoms with van der Waals surface area (Å²) >= 11 is 0. The summed E-state index contributed by atoms with van der Waals surface area (Å²) < 4.78 is 2.41. The van der Waals surface area contributed by atoms with Crippen LogP contribution in [-0.2, 0) is 0 Å². The highest BCUT2D eigenvalue weighted by Gasteiger charge is 2.30. The Bertz CT molecular complexity index is 2870. The zero-order valence-electron chi connectivity index (χ0n) is 36.7. The predicted molar refractivity (Wildman–Crippen MR) is 263 cm³/mol. The minimum atomic E-state index is 0.200. The standard InChI is InChI=1S/C59H56N2/c1-41-18-32-52(33-19-41)61-56-36-30-47(44-22-20-42(21-23-44)43-24-26-46(27-25-43)55(59(5,6)7)40-58(2,3)4)38-53(56)54-39-48(31-37-57(54)61)45-28-34-51(35-29-45)60(49-14-10-8-11-15-49)50-16-12-9-13-17-50/h8-39,55H,40H2,1-7H3. The number of hydrogen-bond donors (Lipinski definition) is 0. The summed E-state index contributed by atoms with van der Waals surface area (Å²) in [7, 11) is 0. The summed E-state index contributed by atoms with van der Waals surface area (Å²) in [5, 5.41) is 2.49. The van der Waals surface area contributed by atoms with E-state index in [1.54, 1.807) is 0 Å². The minimum absolute atomic E-state index is 0.200. The molecule has 0 fully saturated rings. The molecule has 0 saturated carbocycles. The highest BCUT2D eigenvalue weighted by molar-refractivity contribution is 6.11. The number of fused-ring (bicyclic) bond motifs is 3. The Balaban J connectivity index is 1.07. The highest BCUT2D eigenvalue weighted by atomic mass is 15.1. The molecule has 0 aliphatic carbocycles. The van der Waals surface area contributed by atoms with Crippen molar-refractivity contribution in [3.8, 4) is 39.1 Å². The second kappa shape index (κ2) is 16.1. The Morgan fingerprint density at radius 1 is 0.426 bits per heavy atom. The number of hydrogen-bond acceptors (Lipinski definition) is 1. The molecule has 0 N–H and O–H groups in total. The van der Waals surface area contributed by atoms with Gasteiger partial charge >= 0.3 is 0 Å². The van der Waals surface area contributed by atoms with Crippen LogP contribution in [0, 0.1) is 17.8 Å². The molecule has 8 aromatic carbocycles. The maximum Gasteiger partial charge on any atom is 0.0541 e. The van der Waals surface area contributed by atoms with Gasteiger partial charge in [-0.15, -0.1) is 0 Å². The van der Waals surface area contributed by atoms with Crippen molar-refractivity contribution in [2.75, 3.05) is 4.90 Å². The van der Waals surface area contributed by atoms with Gasteiger partial charge in [-0.3, -0.25) is 0 Å². The summed E-state index contributed by atoms with van der Waals surface area (Å²) in [6.07, 6.45) is 1.16. The van der Waals surface area contributed by atoms with Crippen LogP contribution < -0.4 is 4.90 Å². The molecule has 61 heavy (non-hydrogen) atoms. The molecule has 0 amide bonds. The molecular weight excluding hydrogens is 737 g/mol. The van der Waals surface area contributed by atoms with Crippen molar-refractivity contribution in [1.82, 2.24) is 4.57 Å². The van der Waals surface area contributed by atoms with Gasteiger partial charge < -0.3 is 9.47 Å². The molecule has 2 nitrogen and oxygen atoms in total. The van der Waals surface area contributed by atoms with Gasteiger partial charge in [0.1, 0.15) is 0 Å². The molecule has 9 rings (SSSR count). The summed E-state index contributed by atoms with van der Waals surface area (Å²) in [6.45, 7) is 16.3. The molecule has 1 unspecified atom stereocenters. The van der Waals surface area contributed by atoms with E-state index in [0.29, 0.717) is 5.92 Å². The van der Waals surface area contributed by atoms with Gasteiger partial charge in [0.05, 0.1) is 11.0 Å². The van der Waals surface area contributed by atoms with Crippen molar-refractivity contribution in [3.05, 3.63) is 205 Å². The van der Waals surface area contributed by atoms with Crippen LogP contribution >= 0.6 is 0 Å². The van der Waals surface area contributed by atoms with Crippen molar-refractivity contribution in [2.24, 2.45) is 10.8 Å². The van der Waals surface area contributed by atoms with E-state index in [9.17, 15) is 0 Å². The van der Waals surface area contributed by atoms with E-state index < -0.39 is 0 Å². The molecule has 2 heteroatoms. The first-order chi connectivity index (χ1) is 29.4. The first-order valence-electron chi connectivity index (χ1n) is 21.8. The Labute approximate surface area is 362 Å². The lowest BCUT2D eigenvalue weighted by molar-refractivity contribution is 0.229. The molecule has 1 aromatic heterocycles. The molecule has 9 aromatic rings. The van der Waals surface area contributed by atoms with Crippen LogP contribution in [0.3, 0.4) is 0 Å². The molecule has 1 heterocycles. The average molecular weight is 793 g/mol. The van der Waals surface area contributed by atoms with Gasteiger partial charge in [0.2, 0.25) is 0 Å². The lowest BCUT2D eigenvalue weighted by Gasteiger charge is -2.36. The number of aryl methyl sites for hydroxylation is 1. The van der Waals surface area contributed by atoms with Crippen LogP contribution in [0.1, 0.15) is 65.0 Å². The van der Waals surface area contributed by atoms with Crippen molar-refractivity contribution >= 4 is 38.9 Å². The maximum atomic E-state index is 2.41. The first kappa shape index (κ1) is 39.8. The Kier molecular flexibility index (Phi) is 10.5. The van der Waals surface area contributed by atoms with E-state index in [1.165, 1.54) is 72.0 Å². The Morgan fingerprint density at radius 2 is 0.820 bits per heavy atom. The largest absolute Gasteiger partial charge is 0.311 e. The normalized spacial score (nSPS) is 12.5. The number of para-hydroxylation sites is 2. The fraction of sp³-hybridized carbons (Fsp3) is 0.186. The van der Waals surface area contributed by atoms with Crippen LogP contribution in [-0.4, -0.2) is 4.57 Å². The number of rotatable bonds is 9. The summed E-state index contributed by atoms with van der Waals surface area (Å²) in [6, 6.07) is 71.4. The molecule has 0 saturated heterocycles. The fourth-order valence-electron chi connectivity index (χ4n) is 9.06. The molecule has 1 atom stereocenters. The Morgan fingerprint density at radius 3 is 1.26 bits per heavy atom. The van der Waals surface area contributed by atoms with Gasteiger partial charge in [-0.1, -0.05) is 168 Å². The summed E-state index contributed by atoms with van der Waals surface area (Å²) in [5.41, 5.74) is 17.4. The molecule has 302 valence electrons. The molecule has 0 spiro atoms. The lowest BCUT2D eigenvalue weighted by Crippen LogP contribution is -2.23. The fourth-order valence-corrected chi connectivity index (χ4v) is 9.06. The van der Waals surface area contributed by atoms with E-state index in [-0.39, 0.29) is 10.8 Å². The molecular formula is C59H56N2. The molecule has 0 aliphatic rings. The highest BCUT2D eigenvalue weighted by Crippen LogP contribution is 2.44. The minimum Gasteiger partial charge on any atom is -0.311 e. The van der Waals surface area contributed by atoms with Crippen molar-refractivity contribution in [1.29, 1.82) is 0 Å². The topological polar surface area (TPSA) is 8.17 Å². The van der Waals surface area contributed by atoms with E-state index in [2.05, 4.69) is 252 Å². The summed E-state index contributed by atoms with van der Waals surface area (Å²) in [5.74, 6) is 0.503. The van der Waals surface area contributed by atoms with Crippen LogP contribution in [0.2, 0.25) is 0 Å². The summed E-state index contributed by atoms with van der Waals surface area (Å²) in [4.78, 5) is 2.31. The first-order valence-corrected chi connectivity index (χ1v) is 21.8. The van der Waals surface area contributed by atoms with Gasteiger partial charge in [0.15, 0.2) is 0 Å². The van der Waals surface area contributed by atoms with Crippen LogP contribution in [0.5, 0.6) is 0 Å². The molecule has 0 aliphatic heterocycles. The van der Waals surface area contributed by atoms with E-state index in [4.69, 9.17) is 0 Å². The van der Waals surface area contributed by atoms with Gasteiger partial charge in [-0.2, -0.15) is 0 Å². The third kappa shape index (κ3) is 8.28. The second-order valence-electron chi connectivity index (χ2n) is 19.1. The van der Waals surface area contributed by atoms with Crippen molar-refractivity contribution in [2.45, 2.75) is 60.8 Å². The van der Waals surface area contributed by atoms with Crippen molar-refractivity contribution in [3.63, 3.8) is 0 Å². The Hall–Kier alpha value is -6.64. The monoisotopic (exact) mass is 792 g/mol. The second-order valence-corrected chi connectivity index (χ2v) is 19.1. The van der Waals surface area contributed by atoms with Crippen LogP contribution in [0.25, 0.3) is 60.9 Å². The van der Waals surface area contributed by atoms with E-state index >= 15 is 0 Å².